The highest BCUT2D eigenvalue weighted by Gasteiger charge is 2.13. The fourth-order valence-corrected chi connectivity index (χ4v) is 1.16. The smallest absolute Gasteiger partial charge is 0.257 e. The average molecular weight is 191 g/mol. The van der Waals surface area contributed by atoms with Gasteiger partial charge in [0.25, 0.3) is 6.43 Å². The molecule has 6 heteroatoms. The molecule has 0 aliphatic carbocycles. The average Bonchev–Trinajstić information content (AvgIpc) is 2.45. The lowest BCUT2D eigenvalue weighted by molar-refractivity contribution is 0.119. The molecule has 13 heavy (non-hydrogen) atoms. The van der Waals surface area contributed by atoms with Gasteiger partial charge in [-0.05, 0) is 6.42 Å². The van der Waals surface area contributed by atoms with E-state index in [0.29, 0.717) is 17.8 Å². The fourth-order valence-electron chi connectivity index (χ4n) is 1.16. The highest BCUT2D eigenvalue weighted by Crippen LogP contribution is 2.08. The SMILES string of the molecule is CCc1c(CO)nnn1CC(F)F. The zero-order chi connectivity index (χ0) is 9.84. The number of halogens is 2. The van der Waals surface area contributed by atoms with Gasteiger partial charge in [-0.25, -0.2) is 13.5 Å². The number of aliphatic hydroxyl groups is 1. The van der Waals surface area contributed by atoms with Gasteiger partial charge in [-0.3, -0.25) is 0 Å². The van der Waals surface area contributed by atoms with Gasteiger partial charge in [-0.15, -0.1) is 5.10 Å². The third-order valence-corrected chi connectivity index (χ3v) is 1.71. The largest absolute Gasteiger partial charge is 0.390 e. The Morgan fingerprint density at radius 3 is 2.69 bits per heavy atom. The van der Waals surface area contributed by atoms with Crippen LogP contribution in [0.4, 0.5) is 8.78 Å². The maximum atomic E-state index is 12.0. The van der Waals surface area contributed by atoms with Crippen molar-refractivity contribution in [2.45, 2.75) is 32.9 Å². The Morgan fingerprint density at radius 2 is 2.23 bits per heavy atom. The van der Waals surface area contributed by atoms with E-state index in [1.807, 2.05) is 0 Å². The highest BCUT2D eigenvalue weighted by atomic mass is 19.3. The first-order valence-corrected chi connectivity index (χ1v) is 3.99. The molecule has 0 aliphatic heterocycles. The van der Waals surface area contributed by atoms with E-state index in [1.54, 1.807) is 6.92 Å². The first-order chi connectivity index (χ1) is 6.19. The van der Waals surface area contributed by atoms with Gasteiger partial charge in [-0.1, -0.05) is 12.1 Å². The second-order valence-corrected chi connectivity index (χ2v) is 2.57. The van der Waals surface area contributed by atoms with Crippen molar-refractivity contribution in [3.8, 4) is 0 Å². The summed E-state index contributed by atoms with van der Waals surface area (Å²) in [5.41, 5.74) is 0.950. The predicted molar refractivity (Wildman–Crippen MR) is 41.3 cm³/mol. The van der Waals surface area contributed by atoms with Crippen molar-refractivity contribution in [1.29, 1.82) is 0 Å². The van der Waals surface area contributed by atoms with Gasteiger partial charge >= 0.3 is 0 Å². The first-order valence-electron chi connectivity index (χ1n) is 3.99. The van der Waals surface area contributed by atoms with E-state index >= 15 is 0 Å². The number of rotatable bonds is 4. The third kappa shape index (κ3) is 2.21. The molecule has 0 fully saturated rings. The number of nitrogens with zero attached hydrogens (tertiary/aromatic N) is 3. The van der Waals surface area contributed by atoms with E-state index in [2.05, 4.69) is 10.3 Å². The van der Waals surface area contributed by atoms with E-state index in [4.69, 9.17) is 5.11 Å². The summed E-state index contributed by atoms with van der Waals surface area (Å²) >= 11 is 0. The number of aliphatic hydroxyl groups excluding tert-OH is 1. The number of hydrogen-bond donors (Lipinski definition) is 1. The maximum absolute atomic E-state index is 12.0. The Kier molecular flexibility index (Phi) is 3.30. The Balaban J connectivity index is 2.87. The summed E-state index contributed by atoms with van der Waals surface area (Å²) in [6.45, 7) is 1.09. The number of aromatic nitrogens is 3. The van der Waals surface area contributed by atoms with Crippen LogP contribution >= 0.6 is 0 Å². The summed E-state index contributed by atoms with van der Waals surface area (Å²) in [5, 5.41) is 15.9. The molecular formula is C7H11F2N3O. The van der Waals surface area contributed by atoms with Crippen molar-refractivity contribution in [1.82, 2.24) is 15.0 Å². The van der Waals surface area contributed by atoms with Crippen LogP contribution in [0.2, 0.25) is 0 Å². The molecule has 0 spiro atoms. The maximum Gasteiger partial charge on any atom is 0.257 e. The quantitative estimate of drug-likeness (QED) is 0.758. The zero-order valence-electron chi connectivity index (χ0n) is 7.24. The van der Waals surface area contributed by atoms with Crippen molar-refractivity contribution in [2.24, 2.45) is 0 Å². The Morgan fingerprint density at radius 1 is 1.54 bits per heavy atom. The highest BCUT2D eigenvalue weighted by molar-refractivity contribution is 5.08. The molecule has 0 saturated heterocycles. The standard InChI is InChI=1S/C7H11F2N3O/c1-2-6-5(4-13)10-11-12(6)3-7(8)9/h7,13H,2-4H2,1H3. The predicted octanol–water partition coefficient (Wildman–Crippen LogP) is 0.598. The molecule has 0 aromatic carbocycles. The Labute approximate surface area is 74.2 Å². The molecule has 1 rings (SSSR count). The summed E-state index contributed by atoms with van der Waals surface area (Å²) in [6.07, 6.45) is -1.91. The lowest BCUT2D eigenvalue weighted by atomic mass is 10.2. The summed E-state index contributed by atoms with van der Waals surface area (Å²) in [6, 6.07) is 0. The molecule has 74 valence electrons. The van der Waals surface area contributed by atoms with Crippen LogP contribution in [0.1, 0.15) is 18.3 Å². The molecule has 0 unspecified atom stereocenters. The lowest BCUT2D eigenvalue weighted by Crippen LogP contribution is -2.11. The van der Waals surface area contributed by atoms with E-state index in [-0.39, 0.29) is 6.61 Å². The monoisotopic (exact) mass is 191 g/mol. The van der Waals surface area contributed by atoms with Crippen LogP contribution in [0.3, 0.4) is 0 Å². The van der Waals surface area contributed by atoms with Gasteiger partial charge in [0.15, 0.2) is 0 Å². The normalized spacial score (nSPS) is 11.2. The summed E-state index contributed by atoms with van der Waals surface area (Å²) in [7, 11) is 0. The van der Waals surface area contributed by atoms with Gasteiger partial charge in [0.1, 0.15) is 12.2 Å². The van der Waals surface area contributed by atoms with Crippen LogP contribution < -0.4 is 0 Å². The Hall–Kier alpha value is -1.04. The first kappa shape index (κ1) is 10.0. The lowest BCUT2D eigenvalue weighted by Gasteiger charge is -2.03. The molecule has 1 aromatic heterocycles. The van der Waals surface area contributed by atoms with Crippen LogP contribution in [-0.4, -0.2) is 26.5 Å². The molecule has 0 aliphatic rings. The second kappa shape index (κ2) is 4.27. The van der Waals surface area contributed by atoms with Gasteiger partial charge in [0.05, 0.1) is 12.3 Å². The van der Waals surface area contributed by atoms with Crippen LogP contribution in [0.25, 0.3) is 0 Å². The molecule has 0 amide bonds. The molecule has 0 bridgehead atoms. The van der Waals surface area contributed by atoms with Crippen molar-refractivity contribution in [3.63, 3.8) is 0 Å². The van der Waals surface area contributed by atoms with E-state index < -0.39 is 13.0 Å². The molecular weight excluding hydrogens is 180 g/mol. The molecule has 0 saturated carbocycles. The molecule has 0 atom stereocenters. The van der Waals surface area contributed by atoms with E-state index in [1.165, 1.54) is 0 Å². The van der Waals surface area contributed by atoms with Crippen LogP contribution in [0.15, 0.2) is 0 Å². The summed E-state index contributed by atoms with van der Waals surface area (Å²) < 4.78 is 25.1. The van der Waals surface area contributed by atoms with Gasteiger partial charge in [0.2, 0.25) is 0 Å². The van der Waals surface area contributed by atoms with Crippen molar-refractivity contribution in [3.05, 3.63) is 11.4 Å². The van der Waals surface area contributed by atoms with Gasteiger partial charge in [-0.2, -0.15) is 0 Å². The summed E-state index contributed by atoms with van der Waals surface area (Å²) in [5.74, 6) is 0. The van der Waals surface area contributed by atoms with Crippen LogP contribution in [0, 0.1) is 0 Å². The minimum absolute atomic E-state index is 0.258. The minimum atomic E-state index is -2.45. The van der Waals surface area contributed by atoms with E-state index in [0.717, 1.165) is 4.68 Å². The molecule has 1 N–H and O–H groups in total. The second-order valence-electron chi connectivity index (χ2n) is 2.57. The Bertz CT molecular complexity index is 275. The number of hydrogen-bond acceptors (Lipinski definition) is 3. The minimum Gasteiger partial charge on any atom is -0.390 e. The molecule has 4 nitrogen and oxygen atoms in total. The molecule has 1 aromatic rings. The summed E-state index contributed by atoms with van der Waals surface area (Å²) in [4.78, 5) is 0. The van der Waals surface area contributed by atoms with E-state index in [9.17, 15) is 8.78 Å². The van der Waals surface area contributed by atoms with Crippen LogP contribution in [-0.2, 0) is 19.6 Å². The molecule has 0 radical (unpaired) electrons. The zero-order valence-corrected chi connectivity index (χ0v) is 7.24. The topological polar surface area (TPSA) is 50.9 Å². The van der Waals surface area contributed by atoms with Crippen molar-refractivity contribution >= 4 is 0 Å². The molecule has 1 heterocycles. The van der Waals surface area contributed by atoms with Gasteiger partial charge < -0.3 is 5.11 Å². The number of alkyl halides is 2. The van der Waals surface area contributed by atoms with Crippen LogP contribution in [0.5, 0.6) is 0 Å². The van der Waals surface area contributed by atoms with Crippen molar-refractivity contribution in [2.75, 3.05) is 0 Å². The third-order valence-electron chi connectivity index (χ3n) is 1.71. The van der Waals surface area contributed by atoms with Crippen molar-refractivity contribution < 1.29 is 13.9 Å². The van der Waals surface area contributed by atoms with Gasteiger partial charge in [0, 0.05) is 0 Å². The fraction of sp³-hybridized carbons (Fsp3) is 0.714.